The van der Waals surface area contributed by atoms with E-state index in [1.807, 2.05) is 4.72 Å². The molecule has 6 nitrogen and oxygen atoms in total. The van der Waals surface area contributed by atoms with Gasteiger partial charge in [0, 0.05) is 6.20 Å². The van der Waals surface area contributed by atoms with E-state index < -0.39 is 26.7 Å². The van der Waals surface area contributed by atoms with Crippen LogP contribution in [-0.4, -0.2) is 24.5 Å². The van der Waals surface area contributed by atoms with Crippen molar-refractivity contribution in [2.45, 2.75) is 11.8 Å². The van der Waals surface area contributed by atoms with Crippen molar-refractivity contribution in [3.8, 4) is 0 Å². The van der Waals surface area contributed by atoms with E-state index in [2.05, 4.69) is 4.98 Å². The Kier molecular flexibility index (Phi) is 3.90. The summed E-state index contributed by atoms with van der Waals surface area (Å²) in [5.41, 5.74) is 0.227. The largest absolute Gasteiger partial charge is 0.478 e. The van der Waals surface area contributed by atoms with Crippen LogP contribution in [0.3, 0.4) is 0 Å². The highest BCUT2D eigenvalue weighted by atomic mass is 32.2. The number of anilines is 1. The molecule has 0 aliphatic rings. The third-order valence-electron chi connectivity index (χ3n) is 2.65. The van der Waals surface area contributed by atoms with E-state index in [0.717, 1.165) is 12.1 Å². The molecular weight excluding hydrogens is 299 g/mol. The zero-order valence-corrected chi connectivity index (χ0v) is 11.7. The van der Waals surface area contributed by atoms with Crippen LogP contribution >= 0.6 is 0 Å². The van der Waals surface area contributed by atoms with Gasteiger partial charge in [-0.25, -0.2) is 22.6 Å². The molecule has 0 unspecified atom stereocenters. The van der Waals surface area contributed by atoms with E-state index in [1.165, 1.54) is 24.4 Å². The van der Waals surface area contributed by atoms with E-state index in [0.29, 0.717) is 5.56 Å². The minimum absolute atomic E-state index is 0.325. The summed E-state index contributed by atoms with van der Waals surface area (Å²) in [5, 5.41) is 8.98. The Morgan fingerprint density at radius 3 is 2.71 bits per heavy atom. The number of rotatable bonds is 4. The normalized spacial score (nSPS) is 11.1. The van der Waals surface area contributed by atoms with Gasteiger partial charge in [0.2, 0.25) is 0 Å². The quantitative estimate of drug-likeness (QED) is 0.900. The van der Waals surface area contributed by atoms with E-state index in [4.69, 9.17) is 5.11 Å². The molecular formula is C13H11FN2O4S. The number of aryl methyl sites for hydroxylation is 1. The number of halogens is 1. The van der Waals surface area contributed by atoms with Gasteiger partial charge < -0.3 is 5.11 Å². The number of hydrogen-bond donors (Lipinski definition) is 2. The zero-order valence-electron chi connectivity index (χ0n) is 10.9. The van der Waals surface area contributed by atoms with Gasteiger partial charge >= 0.3 is 5.97 Å². The minimum Gasteiger partial charge on any atom is -0.478 e. The van der Waals surface area contributed by atoms with Gasteiger partial charge in [0.15, 0.2) is 5.82 Å². The number of sulfonamides is 1. The first-order valence-corrected chi connectivity index (χ1v) is 7.27. The van der Waals surface area contributed by atoms with Gasteiger partial charge in [-0.3, -0.25) is 4.72 Å². The highest BCUT2D eigenvalue weighted by Crippen LogP contribution is 2.21. The van der Waals surface area contributed by atoms with E-state index in [-0.39, 0.29) is 11.4 Å². The van der Waals surface area contributed by atoms with Gasteiger partial charge in [-0.15, -0.1) is 0 Å². The molecule has 1 aromatic heterocycles. The fraction of sp³-hybridized carbons (Fsp3) is 0.0769. The molecule has 0 bridgehead atoms. The smallest absolute Gasteiger partial charge is 0.339 e. The van der Waals surface area contributed by atoms with Gasteiger partial charge in [-0.2, -0.15) is 0 Å². The summed E-state index contributed by atoms with van der Waals surface area (Å²) >= 11 is 0. The lowest BCUT2D eigenvalue weighted by atomic mass is 10.2. The van der Waals surface area contributed by atoms with Crippen LogP contribution in [0.1, 0.15) is 15.9 Å². The molecule has 8 heteroatoms. The summed E-state index contributed by atoms with van der Waals surface area (Å²) in [6.45, 7) is 1.61. The van der Waals surface area contributed by atoms with Crippen LogP contribution in [0.4, 0.5) is 10.2 Å². The summed E-state index contributed by atoms with van der Waals surface area (Å²) in [6, 6.07) is 6.16. The number of nitrogens with zero attached hydrogens (tertiary/aromatic N) is 1. The van der Waals surface area contributed by atoms with Crippen molar-refractivity contribution in [1.82, 2.24) is 4.98 Å². The standard InChI is InChI=1S/C13H11FN2O4S/c1-8-4-5-10(14)11(7-8)21(19,20)16-12-9(13(17)18)3-2-6-15-12/h2-7H,1H3,(H,15,16)(H,17,18). The molecule has 0 spiro atoms. The Morgan fingerprint density at radius 1 is 1.33 bits per heavy atom. The van der Waals surface area contributed by atoms with Crippen molar-refractivity contribution in [1.29, 1.82) is 0 Å². The van der Waals surface area contributed by atoms with Gasteiger partial charge in [-0.1, -0.05) is 6.07 Å². The first-order chi connectivity index (χ1) is 9.81. The first kappa shape index (κ1) is 14.9. The first-order valence-electron chi connectivity index (χ1n) is 5.78. The number of pyridine rings is 1. The van der Waals surface area contributed by atoms with Gasteiger partial charge in [-0.05, 0) is 36.8 Å². The Labute approximate surface area is 120 Å². The lowest BCUT2D eigenvalue weighted by Gasteiger charge is -2.10. The number of carboxylic acids is 1. The molecule has 1 aromatic carbocycles. The van der Waals surface area contributed by atoms with Crippen LogP contribution in [0.25, 0.3) is 0 Å². The third kappa shape index (κ3) is 3.16. The van der Waals surface area contributed by atoms with Crippen molar-refractivity contribution >= 4 is 21.8 Å². The van der Waals surface area contributed by atoms with Crippen LogP contribution in [0.2, 0.25) is 0 Å². The Hall–Kier alpha value is -2.48. The number of benzene rings is 1. The van der Waals surface area contributed by atoms with E-state index in [9.17, 15) is 17.6 Å². The van der Waals surface area contributed by atoms with E-state index in [1.54, 1.807) is 6.92 Å². The third-order valence-corrected chi connectivity index (χ3v) is 4.00. The maximum absolute atomic E-state index is 13.7. The molecule has 2 aromatic rings. The summed E-state index contributed by atoms with van der Waals surface area (Å²) < 4.78 is 40.0. The van der Waals surface area contributed by atoms with Crippen molar-refractivity contribution in [3.05, 3.63) is 53.5 Å². The predicted molar refractivity (Wildman–Crippen MR) is 73.1 cm³/mol. The maximum atomic E-state index is 13.7. The second-order valence-electron chi connectivity index (χ2n) is 4.24. The highest BCUT2D eigenvalue weighted by Gasteiger charge is 2.22. The molecule has 0 saturated heterocycles. The van der Waals surface area contributed by atoms with Crippen molar-refractivity contribution in [2.24, 2.45) is 0 Å². The molecule has 21 heavy (non-hydrogen) atoms. The van der Waals surface area contributed by atoms with Gasteiger partial charge in [0.05, 0.1) is 0 Å². The van der Waals surface area contributed by atoms with Crippen molar-refractivity contribution in [3.63, 3.8) is 0 Å². The molecule has 0 saturated carbocycles. The molecule has 0 atom stereocenters. The van der Waals surface area contributed by atoms with Gasteiger partial charge in [0.1, 0.15) is 16.3 Å². The average molecular weight is 310 g/mol. The summed E-state index contributed by atoms with van der Waals surface area (Å²) in [6.07, 6.45) is 1.23. The second kappa shape index (κ2) is 5.49. The predicted octanol–water partition coefficient (Wildman–Crippen LogP) is 2.03. The van der Waals surface area contributed by atoms with Crippen LogP contribution in [0.5, 0.6) is 0 Å². The number of aromatic nitrogens is 1. The Balaban J connectivity index is 2.48. The van der Waals surface area contributed by atoms with Crippen LogP contribution in [0.15, 0.2) is 41.4 Å². The average Bonchev–Trinajstić information content (AvgIpc) is 2.41. The molecule has 0 fully saturated rings. The molecule has 1 heterocycles. The number of carbonyl (C=O) groups is 1. The van der Waals surface area contributed by atoms with Gasteiger partial charge in [0.25, 0.3) is 10.0 Å². The molecule has 0 aliphatic carbocycles. The molecule has 0 aliphatic heterocycles. The molecule has 2 N–H and O–H groups in total. The Morgan fingerprint density at radius 2 is 2.05 bits per heavy atom. The van der Waals surface area contributed by atoms with Crippen LogP contribution in [-0.2, 0) is 10.0 Å². The fourth-order valence-corrected chi connectivity index (χ4v) is 2.85. The maximum Gasteiger partial charge on any atom is 0.339 e. The minimum atomic E-state index is -4.27. The Bertz CT molecular complexity index is 806. The molecule has 0 radical (unpaired) electrons. The molecule has 110 valence electrons. The summed E-state index contributed by atoms with van der Waals surface area (Å²) in [7, 11) is -4.27. The monoisotopic (exact) mass is 310 g/mol. The number of hydrogen-bond acceptors (Lipinski definition) is 4. The zero-order chi connectivity index (χ0) is 15.6. The van der Waals surface area contributed by atoms with Crippen LogP contribution in [0, 0.1) is 12.7 Å². The number of aromatic carboxylic acids is 1. The molecule has 2 rings (SSSR count). The van der Waals surface area contributed by atoms with Crippen LogP contribution < -0.4 is 4.72 Å². The summed E-state index contributed by atoms with van der Waals surface area (Å²) in [4.78, 5) is 14.1. The topological polar surface area (TPSA) is 96.4 Å². The SMILES string of the molecule is Cc1ccc(F)c(S(=O)(=O)Nc2ncccc2C(=O)O)c1. The number of nitrogens with one attached hydrogen (secondary N) is 1. The lowest BCUT2D eigenvalue weighted by Crippen LogP contribution is -2.18. The number of carboxylic acid groups (broad SMARTS) is 1. The van der Waals surface area contributed by atoms with Crippen molar-refractivity contribution in [2.75, 3.05) is 4.72 Å². The molecule has 0 amide bonds. The summed E-state index contributed by atoms with van der Waals surface area (Å²) in [5.74, 6) is -2.64. The second-order valence-corrected chi connectivity index (χ2v) is 5.89. The fourth-order valence-electron chi connectivity index (χ4n) is 1.66. The van der Waals surface area contributed by atoms with Crippen molar-refractivity contribution < 1.29 is 22.7 Å². The van der Waals surface area contributed by atoms with E-state index >= 15 is 0 Å². The highest BCUT2D eigenvalue weighted by molar-refractivity contribution is 7.92. The lowest BCUT2D eigenvalue weighted by molar-refractivity contribution is 0.0697.